The van der Waals surface area contributed by atoms with Crippen LogP contribution in [-0.2, 0) is 9.59 Å². The molecule has 7 nitrogen and oxygen atoms in total. The molecule has 4 rings (SSSR count). The average Bonchev–Trinajstić information content (AvgIpc) is 3.41. The van der Waals surface area contributed by atoms with Crippen LogP contribution in [0.4, 0.5) is 21.9 Å². The molecule has 0 spiro atoms. The molecule has 2 aromatic carbocycles. The van der Waals surface area contributed by atoms with Gasteiger partial charge in [-0.05, 0) is 55.3 Å². The van der Waals surface area contributed by atoms with Crippen molar-refractivity contribution in [2.45, 2.75) is 25.3 Å². The van der Waals surface area contributed by atoms with E-state index in [0.29, 0.717) is 28.6 Å². The maximum absolute atomic E-state index is 12.6. The summed E-state index contributed by atoms with van der Waals surface area (Å²) in [4.78, 5) is 38.3. The van der Waals surface area contributed by atoms with Crippen molar-refractivity contribution in [1.82, 2.24) is 5.32 Å². The summed E-state index contributed by atoms with van der Waals surface area (Å²) < 4.78 is 0. The molecule has 1 heterocycles. The summed E-state index contributed by atoms with van der Waals surface area (Å²) in [5, 5.41) is 8.99. The standard InChI is InChI=1S/C21H21ClN4O3/c22-14-2-1-3-18(11-14)26-12-13(10-19(26)27)20(28)23-15-4-6-16(7-5-15)24-21(29)25-17-8-9-17/h1-7,11,13,17H,8-10,12H2,(H,23,28)(H2,24,25,29). The predicted molar refractivity (Wildman–Crippen MR) is 112 cm³/mol. The van der Waals surface area contributed by atoms with Crippen LogP contribution in [0.5, 0.6) is 0 Å². The fraction of sp³-hybridized carbons (Fsp3) is 0.286. The molecule has 0 bridgehead atoms. The number of anilines is 3. The van der Waals surface area contributed by atoms with Crippen LogP contribution in [0.15, 0.2) is 48.5 Å². The lowest BCUT2D eigenvalue weighted by Crippen LogP contribution is -2.30. The lowest BCUT2D eigenvalue weighted by atomic mass is 10.1. The van der Waals surface area contributed by atoms with Gasteiger partial charge in [-0.15, -0.1) is 0 Å². The number of urea groups is 1. The maximum atomic E-state index is 12.6. The second kappa shape index (κ2) is 8.13. The molecule has 1 saturated heterocycles. The highest BCUT2D eigenvalue weighted by Gasteiger charge is 2.35. The van der Waals surface area contributed by atoms with E-state index < -0.39 is 5.92 Å². The zero-order chi connectivity index (χ0) is 20.4. The van der Waals surface area contributed by atoms with E-state index in [1.807, 2.05) is 0 Å². The number of hydrogen-bond acceptors (Lipinski definition) is 3. The Bertz CT molecular complexity index is 943. The number of carbonyl (C=O) groups excluding carboxylic acids is 3. The molecule has 2 aromatic rings. The number of amides is 4. The van der Waals surface area contributed by atoms with E-state index in [1.165, 1.54) is 0 Å². The third kappa shape index (κ3) is 4.86. The number of carbonyl (C=O) groups is 3. The minimum Gasteiger partial charge on any atom is -0.335 e. The smallest absolute Gasteiger partial charge is 0.319 e. The molecule has 3 N–H and O–H groups in total. The van der Waals surface area contributed by atoms with Crippen molar-refractivity contribution in [2.75, 3.05) is 22.1 Å². The maximum Gasteiger partial charge on any atom is 0.319 e. The zero-order valence-corrected chi connectivity index (χ0v) is 16.4. The highest BCUT2D eigenvalue weighted by atomic mass is 35.5. The van der Waals surface area contributed by atoms with E-state index in [4.69, 9.17) is 11.6 Å². The van der Waals surface area contributed by atoms with Crippen molar-refractivity contribution in [3.63, 3.8) is 0 Å². The van der Waals surface area contributed by atoms with Crippen molar-refractivity contribution in [2.24, 2.45) is 5.92 Å². The third-order valence-corrected chi connectivity index (χ3v) is 5.17. The van der Waals surface area contributed by atoms with Crippen molar-refractivity contribution >= 4 is 46.5 Å². The zero-order valence-electron chi connectivity index (χ0n) is 15.7. The number of rotatable bonds is 5. The van der Waals surface area contributed by atoms with E-state index in [2.05, 4.69) is 16.0 Å². The predicted octanol–water partition coefficient (Wildman–Crippen LogP) is 3.62. The van der Waals surface area contributed by atoms with Gasteiger partial charge in [-0.1, -0.05) is 17.7 Å². The summed E-state index contributed by atoms with van der Waals surface area (Å²) in [7, 11) is 0. The second-order valence-electron chi connectivity index (χ2n) is 7.32. The van der Waals surface area contributed by atoms with E-state index in [-0.39, 0.29) is 30.3 Å². The van der Waals surface area contributed by atoms with E-state index >= 15 is 0 Å². The molecule has 8 heteroatoms. The molecule has 4 amide bonds. The van der Waals surface area contributed by atoms with Crippen LogP contribution in [0.1, 0.15) is 19.3 Å². The molecule has 150 valence electrons. The van der Waals surface area contributed by atoms with Gasteiger partial charge >= 0.3 is 6.03 Å². The molecule has 29 heavy (non-hydrogen) atoms. The van der Waals surface area contributed by atoms with Gasteiger partial charge in [0.2, 0.25) is 11.8 Å². The Kier molecular flexibility index (Phi) is 5.40. The van der Waals surface area contributed by atoms with Crippen LogP contribution in [0.25, 0.3) is 0 Å². The second-order valence-corrected chi connectivity index (χ2v) is 7.76. The SMILES string of the molecule is O=C(Nc1ccc(NC(=O)C2CC(=O)N(c3cccc(Cl)c3)C2)cc1)NC1CC1. The average molecular weight is 413 g/mol. The Labute approximate surface area is 173 Å². The summed E-state index contributed by atoms with van der Waals surface area (Å²) in [6, 6.07) is 14.0. The first-order valence-electron chi connectivity index (χ1n) is 9.52. The van der Waals surface area contributed by atoms with Crippen LogP contribution in [-0.4, -0.2) is 30.4 Å². The number of benzene rings is 2. The first-order chi connectivity index (χ1) is 14.0. The summed E-state index contributed by atoms with van der Waals surface area (Å²) in [5.74, 6) is -0.757. The van der Waals surface area contributed by atoms with Crippen LogP contribution >= 0.6 is 11.6 Å². The molecule has 0 radical (unpaired) electrons. The Morgan fingerprint density at radius 3 is 2.34 bits per heavy atom. The van der Waals surface area contributed by atoms with Crippen molar-refractivity contribution < 1.29 is 14.4 Å². The first-order valence-corrected chi connectivity index (χ1v) is 9.90. The molecule has 1 aliphatic heterocycles. The molecule has 1 aliphatic carbocycles. The van der Waals surface area contributed by atoms with Gasteiger partial charge in [0.15, 0.2) is 0 Å². The Morgan fingerprint density at radius 1 is 1.00 bits per heavy atom. The number of nitrogens with zero attached hydrogens (tertiary/aromatic N) is 1. The van der Waals surface area contributed by atoms with Gasteiger partial charge in [0.25, 0.3) is 0 Å². The van der Waals surface area contributed by atoms with Gasteiger partial charge in [0, 0.05) is 41.1 Å². The summed E-state index contributed by atoms with van der Waals surface area (Å²) in [6.45, 7) is 0.311. The van der Waals surface area contributed by atoms with E-state index in [1.54, 1.807) is 53.4 Å². The van der Waals surface area contributed by atoms with Crippen molar-refractivity contribution in [3.8, 4) is 0 Å². The Hall–Kier alpha value is -3.06. The Morgan fingerprint density at radius 2 is 1.69 bits per heavy atom. The van der Waals surface area contributed by atoms with Gasteiger partial charge in [0.1, 0.15) is 0 Å². The lowest BCUT2D eigenvalue weighted by molar-refractivity contribution is -0.122. The molecular formula is C21H21ClN4O3. The third-order valence-electron chi connectivity index (χ3n) is 4.94. The van der Waals surface area contributed by atoms with Gasteiger partial charge < -0.3 is 20.9 Å². The normalized spacial score (nSPS) is 18.4. The van der Waals surface area contributed by atoms with Crippen LogP contribution in [0.2, 0.25) is 5.02 Å². The Balaban J connectivity index is 1.33. The van der Waals surface area contributed by atoms with Gasteiger partial charge in [-0.2, -0.15) is 0 Å². The summed E-state index contributed by atoms with van der Waals surface area (Å²) in [6.07, 6.45) is 2.20. The van der Waals surface area contributed by atoms with E-state index in [0.717, 1.165) is 12.8 Å². The quantitative estimate of drug-likeness (QED) is 0.700. The summed E-state index contributed by atoms with van der Waals surface area (Å²) >= 11 is 6.00. The van der Waals surface area contributed by atoms with Gasteiger partial charge in [-0.3, -0.25) is 9.59 Å². The van der Waals surface area contributed by atoms with Crippen LogP contribution in [0, 0.1) is 5.92 Å². The number of hydrogen-bond donors (Lipinski definition) is 3. The number of nitrogens with one attached hydrogen (secondary N) is 3. The van der Waals surface area contributed by atoms with E-state index in [9.17, 15) is 14.4 Å². The highest BCUT2D eigenvalue weighted by molar-refractivity contribution is 6.31. The molecule has 1 atom stereocenters. The lowest BCUT2D eigenvalue weighted by Gasteiger charge is -2.17. The summed E-state index contributed by atoms with van der Waals surface area (Å²) in [5.41, 5.74) is 1.94. The molecule has 2 fully saturated rings. The van der Waals surface area contributed by atoms with Crippen molar-refractivity contribution in [1.29, 1.82) is 0 Å². The first kappa shape index (κ1) is 19.3. The molecule has 0 aromatic heterocycles. The van der Waals surface area contributed by atoms with Crippen LogP contribution in [0.3, 0.4) is 0 Å². The fourth-order valence-corrected chi connectivity index (χ4v) is 3.42. The fourth-order valence-electron chi connectivity index (χ4n) is 3.24. The topological polar surface area (TPSA) is 90.5 Å². The minimum absolute atomic E-state index is 0.103. The monoisotopic (exact) mass is 412 g/mol. The molecule has 1 unspecified atom stereocenters. The van der Waals surface area contributed by atoms with Gasteiger partial charge in [-0.25, -0.2) is 4.79 Å². The van der Waals surface area contributed by atoms with Crippen LogP contribution < -0.4 is 20.9 Å². The number of halogens is 1. The largest absolute Gasteiger partial charge is 0.335 e. The molecule has 1 saturated carbocycles. The van der Waals surface area contributed by atoms with Crippen molar-refractivity contribution in [3.05, 3.63) is 53.6 Å². The molecule has 2 aliphatic rings. The highest BCUT2D eigenvalue weighted by Crippen LogP contribution is 2.28. The van der Waals surface area contributed by atoms with Gasteiger partial charge in [0.05, 0.1) is 5.92 Å². The minimum atomic E-state index is -0.441. The molecular weight excluding hydrogens is 392 g/mol.